The molecule has 0 aliphatic heterocycles. The van der Waals surface area contributed by atoms with Crippen LogP contribution in [0.3, 0.4) is 0 Å². The lowest BCUT2D eigenvalue weighted by atomic mass is 10.1. The molecule has 1 heterocycles. The third kappa shape index (κ3) is 3.70. The number of carbonyl (C=O) groups excluding carboxylic acids is 1. The maximum absolute atomic E-state index is 12.6. The Balaban J connectivity index is 2.16. The molecule has 0 unspecified atom stereocenters. The minimum Gasteiger partial charge on any atom is -0.494 e. The summed E-state index contributed by atoms with van der Waals surface area (Å²) in [5.41, 5.74) is 1.40. The highest BCUT2D eigenvalue weighted by Crippen LogP contribution is 2.34. The Bertz CT molecular complexity index is 663. The van der Waals surface area contributed by atoms with Crippen LogP contribution in [0.15, 0.2) is 36.7 Å². The number of likely N-dealkylation sites (N-methyl/N-ethyl adjacent to an activating group) is 1. The van der Waals surface area contributed by atoms with E-state index in [1.807, 2.05) is 12.1 Å². The summed E-state index contributed by atoms with van der Waals surface area (Å²) in [6.07, 6.45) is 4.19. The number of carbonyl (C=O) groups is 1. The van der Waals surface area contributed by atoms with Gasteiger partial charge in [0.1, 0.15) is 5.56 Å². The summed E-state index contributed by atoms with van der Waals surface area (Å²) in [5, 5.41) is 0.680. The fraction of sp³-hybridized carbons (Fsp3) is 0.250. The van der Waals surface area contributed by atoms with Crippen molar-refractivity contribution in [3.8, 4) is 5.75 Å². The van der Waals surface area contributed by atoms with Crippen LogP contribution in [0.1, 0.15) is 15.9 Å². The molecule has 0 bridgehead atoms. The van der Waals surface area contributed by atoms with E-state index in [9.17, 15) is 4.79 Å². The molecular weight excluding hydrogens is 323 g/mol. The molecule has 22 heavy (non-hydrogen) atoms. The zero-order valence-electron chi connectivity index (χ0n) is 12.3. The zero-order valence-corrected chi connectivity index (χ0v) is 13.9. The molecule has 1 aromatic carbocycles. The van der Waals surface area contributed by atoms with Crippen molar-refractivity contribution in [2.75, 3.05) is 20.7 Å². The second-order valence-electron chi connectivity index (χ2n) is 4.77. The fourth-order valence-corrected chi connectivity index (χ4v) is 2.54. The molecule has 116 valence electrons. The van der Waals surface area contributed by atoms with Gasteiger partial charge in [-0.05, 0) is 36.2 Å². The Morgan fingerprint density at radius 3 is 2.45 bits per heavy atom. The maximum atomic E-state index is 12.6. The van der Waals surface area contributed by atoms with Crippen molar-refractivity contribution in [2.45, 2.75) is 6.42 Å². The molecule has 0 saturated carbocycles. The average molecular weight is 339 g/mol. The van der Waals surface area contributed by atoms with Gasteiger partial charge in [-0.2, -0.15) is 0 Å². The van der Waals surface area contributed by atoms with Gasteiger partial charge >= 0.3 is 0 Å². The maximum Gasteiger partial charge on any atom is 0.258 e. The van der Waals surface area contributed by atoms with E-state index >= 15 is 0 Å². The van der Waals surface area contributed by atoms with Gasteiger partial charge in [-0.15, -0.1) is 0 Å². The third-order valence-electron chi connectivity index (χ3n) is 3.31. The number of hydrogen-bond donors (Lipinski definition) is 0. The van der Waals surface area contributed by atoms with E-state index in [0.717, 1.165) is 12.0 Å². The zero-order chi connectivity index (χ0) is 16.1. The minimum absolute atomic E-state index is 0.224. The SMILES string of the molecule is COc1c(Cl)ccc(Cl)c1C(=O)N(C)CCc1ccncc1. The molecule has 0 aliphatic rings. The van der Waals surface area contributed by atoms with Crippen molar-refractivity contribution in [1.29, 1.82) is 0 Å². The Hall–Kier alpha value is -1.78. The number of rotatable bonds is 5. The van der Waals surface area contributed by atoms with E-state index in [1.54, 1.807) is 36.5 Å². The van der Waals surface area contributed by atoms with Crippen LogP contribution < -0.4 is 4.74 Å². The Morgan fingerprint density at radius 1 is 1.18 bits per heavy atom. The van der Waals surface area contributed by atoms with Gasteiger partial charge in [0.05, 0.1) is 17.2 Å². The molecular formula is C16H16Cl2N2O2. The van der Waals surface area contributed by atoms with Crippen molar-refractivity contribution < 1.29 is 9.53 Å². The number of benzene rings is 1. The van der Waals surface area contributed by atoms with Gasteiger partial charge in [0.15, 0.2) is 5.75 Å². The second kappa shape index (κ2) is 7.47. The van der Waals surface area contributed by atoms with Crippen LogP contribution >= 0.6 is 23.2 Å². The Kier molecular flexibility index (Phi) is 5.63. The Labute approximate surface area is 139 Å². The number of halogens is 2. The lowest BCUT2D eigenvalue weighted by Gasteiger charge is -2.20. The third-order valence-corrected chi connectivity index (χ3v) is 3.92. The molecule has 0 N–H and O–H groups in total. The van der Waals surface area contributed by atoms with Crippen molar-refractivity contribution in [2.24, 2.45) is 0 Å². The molecule has 0 aliphatic carbocycles. The van der Waals surface area contributed by atoms with Gasteiger partial charge in [0.25, 0.3) is 5.91 Å². The first-order valence-corrected chi connectivity index (χ1v) is 7.46. The number of amides is 1. The van der Waals surface area contributed by atoms with Crippen LogP contribution in [0.5, 0.6) is 5.75 Å². The number of ether oxygens (including phenoxy) is 1. The highest BCUT2D eigenvalue weighted by molar-refractivity contribution is 6.37. The molecule has 0 spiro atoms. The number of methoxy groups -OCH3 is 1. The summed E-state index contributed by atoms with van der Waals surface area (Å²) in [7, 11) is 3.19. The predicted octanol–water partition coefficient (Wildman–Crippen LogP) is 3.71. The van der Waals surface area contributed by atoms with Crippen LogP contribution in [0.4, 0.5) is 0 Å². The topological polar surface area (TPSA) is 42.4 Å². The van der Waals surface area contributed by atoms with E-state index in [-0.39, 0.29) is 11.5 Å². The highest BCUT2D eigenvalue weighted by Gasteiger charge is 2.22. The average Bonchev–Trinajstić information content (AvgIpc) is 2.54. The first-order chi connectivity index (χ1) is 10.5. The van der Waals surface area contributed by atoms with Crippen LogP contribution in [0.2, 0.25) is 10.0 Å². The lowest BCUT2D eigenvalue weighted by molar-refractivity contribution is 0.0793. The quantitative estimate of drug-likeness (QED) is 0.834. The summed E-state index contributed by atoms with van der Waals surface area (Å²) in [5.74, 6) is 0.0772. The molecule has 1 amide bonds. The largest absolute Gasteiger partial charge is 0.494 e. The summed E-state index contributed by atoms with van der Waals surface area (Å²) in [6.45, 7) is 0.550. The van der Waals surface area contributed by atoms with Crippen LogP contribution in [0.25, 0.3) is 0 Å². The molecule has 4 nitrogen and oxygen atoms in total. The molecule has 0 saturated heterocycles. The normalized spacial score (nSPS) is 10.4. The van der Waals surface area contributed by atoms with Crippen molar-refractivity contribution in [3.63, 3.8) is 0 Å². The number of pyridine rings is 1. The van der Waals surface area contributed by atoms with Crippen molar-refractivity contribution in [3.05, 3.63) is 57.8 Å². The summed E-state index contributed by atoms with van der Waals surface area (Å²) in [4.78, 5) is 18.2. The van der Waals surface area contributed by atoms with Gasteiger partial charge in [0, 0.05) is 26.0 Å². The number of aromatic nitrogens is 1. The van der Waals surface area contributed by atoms with E-state index in [0.29, 0.717) is 22.3 Å². The van der Waals surface area contributed by atoms with Crippen molar-refractivity contribution in [1.82, 2.24) is 9.88 Å². The summed E-state index contributed by atoms with van der Waals surface area (Å²) >= 11 is 12.2. The van der Waals surface area contributed by atoms with Gasteiger partial charge in [-0.25, -0.2) is 0 Å². The highest BCUT2D eigenvalue weighted by atomic mass is 35.5. The molecule has 2 aromatic rings. The number of hydrogen-bond acceptors (Lipinski definition) is 3. The van der Waals surface area contributed by atoms with Crippen LogP contribution in [0, 0.1) is 0 Å². The Morgan fingerprint density at radius 2 is 1.82 bits per heavy atom. The van der Waals surface area contributed by atoms with Gasteiger partial charge in [-0.3, -0.25) is 9.78 Å². The molecule has 0 radical (unpaired) electrons. The van der Waals surface area contributed by atoms with E-state index < -0.39 is 0 Å². The fourth-order valence-electron chi connectivity index (χ4n) is 2.07. The predicted molar refractivity (Wildman–Crippen MR) is 87.9 cm³/mol. The van der Waals surface area contributed by atoms with Crippen LogP contribution in [-0.4, -0.2) is 36.5 Å². The summed E-state index contributed by atoms with van der Waals surface area (Å²) < 4.78 is 5.22. The van der Waals surface area contributed by atoms with Crippen LogP contribution in [-0.2, 0) is 6.42 Å². The second-order valence-corrected chi connectivity index (χ2v) is 5.58. The number of nitrogens with zero attached hydrogens (tertiary/aromatic N) is 2. The first-order valence-electron chi connectivity index (χ1n) is 6.71. The van der Waals surface area contributed by atoms with Gasteiger partial charge in [-0.1, -0.05) is 23.2 Å². The molecule has 0 atom stereocenters. The molecule has 0 fully saturated rings. The smallest absolute Gasteiger partial charge is 0.258 e. The van der Waals surface area contributed by atoms with Crippen molar-refractivity contribution >= 4 is 29.1 Å². The monoisotopic (exact) mass is 338 g/mol. The molecule has 2 rings (SSSR count). The van der Waals surface area contributed by atoms with E-state index in [1.165, 1.54) is 7.11 Å². The first kappa shape index (κ1) is 16.6. The summed E-state index contributed by atoms with van der Waals surface area (Å²) in [6, 6.07) is 7.04. The minimum atomic E-state index is -0.224. The van der Waals surface area contributed by atoms with E-state index in [2.05, 4.69) is 4.98 Å². The van der Waals surface area contributed by atoms with E-state index in [4.69, 9.17) is 27.9 Å². The van der Waals surface area contributed by atoms with Gasteiger partial charge in [0.2, 0.25) is 0 Å². The standard InChI is InChI=1S/C16H16Cl2N2O2/c1-20(10-7-11-5-8-19-9-6-11)16(21)14-12(17)3-4-13(18)15(14)22-2/h3-6,8-9H,7,10H2,1-2H3. The molecule has 6 heteroatoms. The molecule has 1 aromatic heterocycles. The van der Waals surface area contributed by atoms with Gasteiger partial charge < -0.3 is 9.64 Å². The lowest BCUT2D eigenvalue weighted by Crippen LogP contribution is -2.29.